The second-order valence-electron chi connectivity index (χ2n) is 6.32. The van der Waals surface area contributed by atoms with Gasteiger partial charge in [0.05, 0.1) is 9.79 Å². The molecule has 2 amide bonds. The number of rotatable bonds is 5. The number of amides is 2. The van der Waals surface area contributed by atoms with E-state index in [0.29, 0.717) is 18.8 Å². The zero-order chi connectivity index (χ0) is 20.4. The number of hydrogen-bond acceptors (Lipinski definition) is 5. The minimum Gasteiger partial charge on any atom is -0.325 e. The highest BCUT2D eigenvalue weighted by molar-refractivity contribution is 7.92. The zero-order valence-corrected chi connectivity index (χ0v) is 16.5. The molecule has 3 rings (SSSR count). The standard InChI is InChI=1S/C17H20N4O5S2/c18-27(23,24)15-7-5-14(6-8-15)20-28(25,26)16-9-3-13(4-10-16)19-17(22)21-11-1-2-12-21/h3-10,20H,1-2,11-12H2,(H,19,22)(H2,18,23,24). The lowest BCUT2D eigenvalue weighted by Gasteiger charge is -2.16. The highest BCUT2D eigenvalue weighted by atomic mass is 32.2. The number of nitrogens with zero attached hydrogens (tertiary/aromatic N) is 1. The SMILES string of the molecule is NS(=O)(=O)c1ccc(NS(=O)(=O)c2ccc(NC(=O)N3CCCC3)cc2)cc1. The number of urea groups is 1. The van der Waals surface area contributed by atoms with Crippen LogP contribution in [0.1, 0.15) is 12.8 Å². The van der Waals surface area contributed by atoms with Gasteiger partial charge in [0.2, 0.25) is 10.0 Å². The van der Waals surface area contributed by atoms with Crippen LogP contribution < -0.4 is 15.2 Å². The molecule has 4 N–H and O–H groups in total. The smallest absolute Gasteiger partial charge is 0.321 e. The lowest BCUT2D eigenvalue weighted by Crippen LogP contribution is -2.32. The van der Waals surface area contributed by atoms with Crippen LogP contribution in [-0.2, 0) is 20.0 Å². The topological polar surface area (TPSA) is 139 Å². The van der Waals surface area contributed by atoms with Crippen LogP contribution in [0.4, 0.5) is 16.2 Å². The van der Waals surface area contributed by atoms with Gasteiger partial charge in [-0.2, -0.15) is 0 Å². The first-order valence-electron chi connectivity index (χ1n) is 8.47. The van der Waals surface area contributed by atoms with E-state index in [-0.39, 0.29) is 21.5 Å². The van der Waals surface area contributed by atoms with E-state index in [1.165, 1.54) is 48.5 Å². The number of nitrogens with one attached hydrogen (secondary N) is 2. The predicted octanol–water partition coefficient (Wildman–Crippen LogP) is 1.76. The van der Waals surface area contributed by atoms with Crippen LogP contribution in [0.2, 0.25) is 0 Å². The van der Waals surface area contributed by atoms with Crippen LogP contribution in [-0.4, -0.2) is 40.9 Å². The Morgan fingerprint density at radius 3 is 1.86 bits per heavy atom. The number of likely N-dealkylation sites (tertiary alicyclic amines) is 1. The van der Waals surface area contributed by atoms with Gasteiger partial charge in [-0.15, -0.1) is 0 Å². The molecule has 2 aromatic rings. The number of benzene rings is 2. The molecule has 0 unspecified atom stereocenters. The second-order valence-corrected chi connectivity index (χ2v) is 9.57. The lowest BCUT2D eigenvalue weighted by molar-refractivity contribution is 0.222. The Morgan fingerprint density at radius 2 is 1.32 bits per heavy atom. The maximum Gasteiger partial charge on any atom is 0.321 e. The van der Waals surface area contributed by atoms with E-state index in [2.05, 4.69) is 10.0 Å². The molecule has 0 spiro atoms. The fourth-order valence-electron chi connectivity index (χ4n) is 2.77. The van der Waals surface area contributed by atoms with E-state index in [0.717, 1.165) is 12.8 Å². The molecular weight excluding hydrogens is 404 g/mol. The summed E-state index contributed by atoms with van der Waals surface area (Å²) in [6, 6.07) is 10.6. The summed E-state index contributed by atoms with van der Waals surface area (Å²) in [7, 11) is -7.73. The Bertz CT molecular complexity index is 1060. The number of carbonyl (C=O) groups excluding carboxylic acids is 1. The van der Waals surface area contributed by atoms with Gasteiger partial charge < -0.3 is 10.2 Å². The first-order chi connectivity index (χ1) is 13.1. The van der Waals surface area contributed by atoms with Gasteiger partial charge >= 0.3 is 6.03 Å². The van der Waals surface area contributed by atoms with Gasteiger partial charge in [-0.25, -0.2) is 26.8 Å². The molecule has 28 heavy (non-hydrogen) atoms. The van der Waals surface area contributed by atoms with Crippen molar-refractivity contribution in [3.05, 3.63) is 48.5 Å². The number of sulfonamides is 2. The van der Waals surface area contributed by atoms with Crippen molar-refractivity contribution in [3.63, 3.8) is 0 Å². The Labute approximate surface area is 163 Å². The Morgan fingerprint density at radius 1 is 0.821 bits per heavy atom. The van der Waals surface area contributed by atoms with E-state index >= 15 is 0 Å². The molecule has 11 heteroatoms. The number of anilines is 2. The molecule has 2 aromatic carbocycles. The average Bonchev–Trinajstić information content (AvgIpc) is 3.16. The third-order valence-corrected chi connectivity index (χ3v) is 6.57. The second kappa shape index (κ2) is 7.78. The number of nitrogens with two attached hydrogens (primary N) is 1. The van der Waals surface area contributed by atoms with Gasteiger partial charge in [-0.1, -0.05) is 0 Å². The van der Waals surface area contributed by atoms with Gasteiger partial charge in [0.1, 0.15) is 0 Å². The molecule has 0 aromatic heterocycles. The van der Waals surface area contributed by atoms with Crippen LogP contribution in [0.25, 0.3) is 0 Å². The molecule has 0 atom stereocenters. The zero-order valence-electron chi connectivity index (χ0n) is 14.8. The minimum atomic E-state index is -3.88. The van der Waals surface area contributed by atoms with Crippen molar-refractivity contribution in [2.24, 2.45) is 5.14 Å². The van der Waals surface area contributed by atoms with E-state index in [4.69, 9.17) is 5.14 Å². The summed E-state index contributed by atoms with van der Waals surface area (Å²) in [5.41, 5.74) is 0.687. The number of primary sulfonamides is 1. The number of hydrogen-bond donors (Lipinski definition) is 3. The normalized spacial score (nSPS) is 14.7. The quantitative estimate of drug-likeness (QED) is 0.671. The van der Waals surface area contributed by atoms with Crippen molar-refractivity contribution in [3.8, 4) is 0 Å². The maximum atomic E-state index is 12.5. The lowest BCUT2D eigenvalue weighted by atomic mass is 10.3. The first kappa shape index (κ1) is 20.1. The van der Waals surface area contributed by atoms with Crippen LogP contribution in [0.15, 0.2) is 58.3 Å². The van der Waals surface area contributed by atoms with E-state index in [1.807, 2.05) is 0 Å². The first-order valence-corrected chi connectivity index (χ1v) is 11.5. The van der Waals surface area contributed by atoms with E-state index in [9.17, 15) is 21.6 Å². The highest BCUT2D eigenvalue weighted by Crippen LogP contribution is 2.20. The Kier molecular flexibility index (Phi) is 5.59. The molecule has 1 aliphatic heterocycles. The summed E-state index contributed by atoms with van der Waals surface area (Å²) in [5.74, 6) is 0. The van der Waals surface area contributed by atoms with Crippen molar-refractivity contribution >= 4 is 37.5 Å². The minimum absolute atomic E-state index is 0.00203. The van der Waals surface area contributed by atoms with Crippen LogP contribution in [0.5, 0.6) is 0 Å². The van der Waals surface area contributed by atoms with Gasteiger partial charge in [0.25, 0.3) is 10.0 Å². The third-order valence-electron chi connectivity index (χ3n) is 4.24. The van der Waals surface area contributed by atoms with Crippen LogP contribution >= 0.6 is 0 Å². The van der Waals surface area contributed by atoms with Gasteiger partial charge in [0, 0.05) is 24.5 Å². The van der Waals surface area contributed by atoms with Crippen molar-refractivity contribution in [2.45, 2.75) is 22.6 Å². The fraction of sp³-hybridized carbons (Fsp3) is 0.235. The molecule has 1 fully saturated rings. The van der Waals surface area contributed by atoms with Crippen molar-refractivity contribution in [1.29, 1.82) is 0 Å². The maximum absolute atomic E-state index is 12.5. The van der Waals surface area contributed by atoms with Gasteiger partial charge in [-0.3, -0.25) is 4.72 Å². The molecule has 0 aliphatic carbocycles. The van der Waals surface area contributed by atoms with E-state index in [1.54, 1.807) is 4.90 Å². The molecule has 150 valence electrons. The van der Waals surface area contributed by atoms with E-state index < -0.39 is 20.0 Å². The summed E-state index contributed by atoms with van der Waals surface area (Å²) in [5, 5.41) is 7.75. The van der Waals surface area contributed by atoms with Crippen molar-refractivity contribution in [1.82, 2.24) is 4.90 Å². The van der Waals surface area contributed by atoms with Gasteiger partial charge in [-0.05, 0) is 61.4 Å². The molecule has 0 saturated carbocycles. The van der Waals surface area contributed by atoms with Crippen molar-refractivity contribution in [2.75, 3.05) is 23.1 Å². The summed E-state index contributed by atoms with van der Waals surface area (Å²) in [6.07, 6.45) is 1.96. The summed E-state index contributed by atoms with van der Waals surface area (Å²) < 4.78 is 49.8. The molecular formula is C17H20N4O5S2. The molecule has 9 nitrogen and oxygen atoms in total. The summed E-state index contributed by atoms with van der Waals surface area (Å²) >= 11 is 0. The molecule has 1 heterocycles. The fourth-order valence-corrected chi connectivity index (χ4v) is 4.34. The predicted molar refractivity (Wildman–Crippen MR) is 105 cm³/mol. The number of carbonyl (C=O) groups is 1. The van der Waals surface area contributed by atoms with Crippen molar-refractivity contribution < 1.29 is 21.6 Å². The average molecular weight is 425 g/mol. The molecule has 1 aliphatic rings. The van der Waals surface area contributed by atoms with Crippen LogP contribution in [0, 0.1) is 0 Å². The largest absolute Gasteiger partial charge is 0.325 e. The Hall–Kier alpha value is -2.63. The monoisotopic (exact) mass is 424 g/mol. The van der Waals surface area contributed by atoms with Crippen LogP contribution in [0.3, 0.4) is 0 Å². The summed E-state index contributed by atoms with van der Waals surface area (Å²) in [4.78, 5) is 13.7. The van der Waals surface area contributed by atoms with Gasteiger partial charge in [0.15, 0.2) is 0 Å². The highest BCUT2D eigenvalue weighted by Gasteiger charge is 2.19. The molecule has 0 radical (unpaired) electrons. The molecule has 0 bridgehead atoms. The Balaban J connectivity index is 1.69. The molecule has 1 saturated heterocycles. The summed E-state index contributed by atoms with van der Waals surface area (Å²) in [6.45, 7) is 1.43. The third kappa shape index (κ3) is 4.80.